The van der Waals surface area contributed by atoms with E-state index in [1.807, 2.05) is 43.3 Å². The van der Waals surface area contributed by atoms with Crippen LogP contribution in [0.25, 0.3) is 17.0 Å². The largest absolute Gasteiger partial charge is 0.487 e. The minimum Gasteiger partial charge on any atom is -0.487 e. The number of anilines is 2. The van der Waals surface area contributed by atoms with Crippen LogP contribution >= 0.6 is 23.2 Å². The molecule has 0 saturated carbocycles. The Morgan fingerprint density at radius 3 is 2.49 bits per heavy atom. The van der Waals surface area contributed by atoms with Crippen molar-refractivity contribution in [2.45, 2.75) is 27.1 Å². The van der Waals surface area contributed by atoms with E-state index in [1.165, 1.54) is 24.1 Å². The third-order valence-corrected chi connectivity index (χ3v) is 7.97. The van der Waals surface area contributed by atoms with Gasteiger partial charge in [0.2, 0.25) is 17.7 Å². The number of amides is 3. The van der Waals surface area contributed by atoms with Gasteiger partial charge in [0, 0.05) is 60.2 Å². The fourth-order valence-corrected chi connectivity index (χ4v) is 5.32. The first-order valence-electron chi connectivity index (χ1n) is 15.1. The Labute approximate surface area is 292 Å². The number of benzene rings is 2. The molecule has 5 rings (SSSR count). The van der Waals surface area contributed by atoms with Crippen molar-refractivity contribution in [1.82, 2.24) is 20.3 Å². The first kappa shape index (κ1) is 34.8. The second-order valence-corrected chi connectivity index (χ2v) is 11.6. The summed E-state index contributed by atoms with van der Waals surface area (Å²) in [7, 11) is 1.55. The Morgan fingerprint density at radius 1 is 0.939 bits per heavy atom. The maximum absolute atomic E-state index is 13.0. The molecule has 2 N–H and O–H groups in total. The highest BCUT2D eigenvalue weighted by atomic mass is 35.5. The van der Waals surface area contributed by atoms with Crippen LogP contribution < -0.4 is 25.0 Å². The molecule has 0 spiro atoms. The van der Waals surface area contributed by atoms with Gasteiger partial charge < -0.3 is 25.0 Å². The molecule has 3 heterocycles. The van der Waals surface area contributed by atoms with E-state index in [9.17, 15) is 14.4 Å². The maximum Gasteiger partial charge on any atom is 0.246 e. The maximum atomic E-state index is 13.0. The Morgan fingerprint density at radius 2 is 1.76 bits per heavy atom. The van der Waals surface area contributed by atoms with E-state index in [-0.39, 0.29) is 24.1 Å². The van der Waals surface area contributed by atoms with Crippen LogP contribution in [-0.4, -0.2) is 46.3 Å². The van der Waals surface area contributed by atoms with Gasteiger partial charge in [0.1, 0.15) is 36.0 Å². The molecular formula is C36H32Cl2N6O5. The lowest BCUT2D eigenvalue weighted by Crippen LogP contribution is -2.37. The van der Waals surface area contributed by atoms with Crippen molar-refractivity contribution in [3.8, 4) is 11.5 Å². The number of nitrogens with zero attached hydrogens (tertiary/aromatic N) is 4. The number of hydrogen-bond acceptors (Lipinski definition) is 8. The van der Waals surface area contributed by atoms with Crippen LogP contribution in [0.2, 0.25) is 10.0 Å². The van der Waals surface area contributed by atoms with E-state index >= 15 is 0 Å². The average Bonchev–Trinajstić information content (AvgIpc) is 3.09. The Kier molecular flexibility index (Phi) is 11.4. The lowest BCUT2D eigenvalue weighted by Gasteiger charge is -2.21. The van der Waals surface area contributed by atoms with Crippen LogP contribution in [0, 0.1) is 6.92 Å². The zero-order chi connectivity index (χ0) is 34.9. The monoisotopic (exact) mass is 698 g/mol. The predicted octanol–water partition coefficient (Wildman–Crippen LogP) is 6.55. The molecule has 0 bridgehead atoms. The van der Waals surface area contributed by atoms with Crippen molar-refractivity contribution in [2.75, 3.05) is 23.8 Å². The van der Waals surface area contributed by atoms with Crippen molar-refractivity contribution < 1.29 is 23.9 Å². The quantitative estimate of drug-likeness (QED) is 0.140. The van der Waals surface area contributed by atoms with Gasteiger partial charge in [-0.3, -0.25) is 19.4 Å². The smallest absolute Gasteiger partial charge is 0.246 e. The molecule has 0 aliphatic carbocycles. The number of aromatic nitrogens is 3. The molecule has 0 fully saturated rings. The highest BCUT2D eigenvalue weighted by Crippen LogP contribution is 2.36. The van der Waals surface area contributed by atoms with E-state index in [0.717, 1.165) is 16.8 Å². The summed E-state index contributed by atoms with van der Waals surface area (Å²) < 4.78 is 12.3. The molecule has 2 aromatic carbocycles. The number of hydrogen-bond donors (Lipinski definition) is 2. The number of rotatable bonds is 12. The number of para-hydroxylation sites is 1. The molecule has 0 radical (unpaired) electrons. The first-order chi connectivity index (χ1) is 23.6. The summed E-state index contributed by atoms with van der Waals surface area (Å²) in [5.41, 5.74) is 3.65. The van der Waals surface area contributed by atoms with Crippen molar-refractivity contribution in [3.05, 3.63) is 118 Å². The molecule has 250 valence electrons. The third-order valence-electron chi connectivity index (χ3n) is 7.20. The van der Waals surface area contributed by atoms with E-state index in [0.29, 0.717) is 51.3 Å². The molecule has 0 unspecified atom stereocenters. The van der Waals surface area contributed by atoms with Gasteiger partial charge >= 0.3 is 0 Å². The lowest BCUT2D eigenvalue weighted by molar-refractivity contribution is -0.122. The van der Waals surface area contributed by atoms with Gasteiger partial charge in [-0.25, -0.2) is 9.97 Å². The normalized spacial score (nSPS) is 11.0. The first-order valence-corrected chi connectivity index (χ1v) is 15.8. The number of halogens is 2. The number of carbonyl (C=O) groups excluding carboxylic acids is 3. The van der Waals surface area contributed by atoms with Crippen LogP contribution in [0.1, 0.15) is 29.4 Å². The van der Waals surface area contributed by atoms with Gasteiger partial charge in [-0.1, -0.05) is 35.3 Å². The molecular weight excluding hydrogens is 667 g/mol. The lowest BCUT2D eigenvalue weighted by atomic mass is 10.1. The summed E-state index contributed by atoms with van der Waals surface area (Å²) in [5, 5.41) is 6.49. The number of fused-ring (bicyclic) bond motifs is 1. The molecule has 0 saturated heterocycles. The molecule has 49 heavy (non-hydrogen) atoms. The van der Waals surface area contributed by atoms with E-state index < -0.39 is 11.8 Å². The molecule has 0 atom stereocenters. The minimum absolute atomic E-state index is 0.00538. The second kappa shape index (κ2) is 16.1. The summed E-state index contributed by atoms with van der Waals surface area (Å²) in [6.07, 6.45) is 6.05. The highest BCUT2D eigenvalue weighted by molar-refractivity contribution is 6.38. The molecule has 3 amide bonds. The summed E-state index contributed by atoms with van der Waals surface area (Å²) in [6.45, 7) is 3.27. The minimum atomic E-state index is -0.479. The highest BCUT2D eigenvalue weighted by Gasteiger charge is 2.20. The Bertz CT molecular complexity index is 2020. The van der Waals surface area contributed by atoms with Crippen LogP contribution in [-0.2, 0) is 27.6 Å². The molecule has 0 aliphatic heterocycles. The van der Waals surface area contributed by atoms with Crippen LogP contribution in [0.5, 0.6) is 11.5 Å². The summed E-state index contributed by atoms with van der Waals surface area (Å²) in [5.74, 6) is 0.422. The van der Waals surface area contributed by atoms with Gasteiger partial charge in [0.05, 0.1) is 22.9 Å². The average molecular weight is 700 g/mol. The predicted molar refractivity (Wildman–Crippen MR) is 190 cm³/mol. The Hall–Kier alpha value is -5.52. The SMILES string of the molecule is CC(=O)Nc1ccc(/C=C/C(=O)NCC(=O)N(C)c2ccc(Cl)c(COc3cccc4c(OCc5ccccn5)cc(C)nc34)c2Cl)cn1. The zero-order valence-corrected chi connectivity index (χ0v) is 28.4. The van der Waals surface area contributed by atoms with E-state index in [4.69, 9.17) is 37.7 Å². The number of carbonyl (C=O) groups is 3. The zero-order valence-electron chi connectivity index (χ0n) is 26.9. The molecule has 11 nitrogen and oxygen atoms in total. The fourth-order valence-electron chi connectivity index (χ4n) is 4.71. The fraction of sp³-hybridized carbons (Fsp3) is 0.167. The van der Waals surface area contributed by atoms with Crippen LogP contribution in [0.3, 0.4) is 0 Å². The van der Waals surface area contributed by atoms with Gasteiger partial charge in [-0.2, -0.15) is 0 Å². The number of likely N-dealkylation sites (N-methyl/N-ethyl adjacent to an activating group) is 1. The topological polar surface area (TPSA) is 136 Å². The number of ether oxygens (including phenoxy) is 2. The molecule has 0 aliphatic rings. The number of pyridine rings is 3. The summed E-state index contributed by atoms with van der Waals surface area (Å²) in [4.78, 5) is 51.0. The van der Waals surface area contributed by atoms with Gasteiger partial charge in [0.25, 0.3) is 0 Å². The third kappa shape index (κ3) is 9.10. The Balaban J connectivity index is 1.23. The van der Waals surface area contributed by atoms with Crippen molar-refractivity contribution in [3.63, 3.8) is 0 Å². The van der Waals surface area contributed by atoms with Gasteiger partial charge in [-0.15, -0.1) is 0 Å². The number of aryl methyl sites for hydroxylation is 1. The van der Waals surface area contributed by atoms with Crippen molar-refractivity contribution in [1.29, 1.82) is 0 Å². The van der Waals surface area contributed by atoms with Gasteiger partial charge in [-0.05, 0) is 67.1 Å². The van der Waals surface area contributed by atoms with Crippen molar-refractivity contribution >= 4 is 69.4 Å². The van der Waals surface area contributed by atoms with Crippen molar-refractivity contribution in [2.24, 2.45) is 0 Å². The van der Waals surface area contributed by atoms with Crippen LogP contribution in [0.4, 0.5) is 11.5 Å². The molecule has 3 aromatic heterocycles. The second-order valence-electron chi connectivity index (χ2n) is 10.8. The van der Waals surface area contributed by atoms with E-state index in [2.05, 4.69) is 20.6 Å². The van der Waals surface area contributed by atoms with Crippen LogP contribution in [0.15, 0.2) is 85.2 Å². The molecule has 5 aromatic rings. The van der Waals surface area contributed by atoms with Gasteiger partial charge in [0.15, 0.2) is 0 Å². The summed E-state index contributed by atoms with van der Waals surface area (Å²) >= 11 is 13.3. The standard InChI is InChI=1S/C36H32Cl2N6O5/c1-22-17-31(48-20-25-7-4-5-16-39-25)26-8-6-9-30(36(26)42-22)49-21-27-28(37)12-13-29(35(27)38)44(3)34(47)19-41-33(46)15-11-24-10-14-32(40-18-24)43-23(2)45/h4-18H,19-21H2,1-3H3,(H,41,46)(H,40,43,45)/b15-11+. The van der Waals surface area contributed by atoms with E-state index in [1.54, 1.807) is 49.7 Å². The summed E-state index contributed by atoms with van der Waals surface area (Å²) in [6, 6.07) is 19.6. The molecule has 13 heteroatoms. The number of nitrogens with one attached hydrogen (secondary N) is 2.